The number of thioether (sulfide) groups is 2. The van der Waals surface area contributed by atoms with Crippen LogP contribution in [0.25, 0.3) is 0 Å². The number of aromatic amines is 1. The summed E-state index contributed by atoms with van der Waals surface area (Å²) in [5.74, 6) is -0.874. The van der Waals surface area contributed by atoms with Crippen molar-refractivity contribution in [1.82, 2.24) is 25.4 Å². The lowest BCUT2D eigenvalue weighted by Crippen LogP contribution is -2.71. The van der Waals surface area contributed by atoms with Gasteiger partial charge in [0.2, 0.25) is 11.1 Å². The fourth-order valence-corrected chi connectivity index (χ4v) is 5.85. The van der Waals surface area contributed by atoms with Gasteiger partial charge in [0.25, 0.3) is 5.91 Å². The molecule has 3 heterocycles. The third kappa shape index (κ3) is 4.76. The maximum absolute atomic E-state index is 12.8. The van der Waals surface area contributed by atoms with Crippen LogP contribution in [0, 0.1) is 0 Å². The number of amides is 2. The summed E-state index contributed by atoms with van der Waals surface area (Å²) in [5, 5.41) is 19.2. The Morgan fingerprint density at radius 2 is 2.18 bits per heavy atom. The number of nitrogens with two attached hydrogens (primary N) is 1. The lowest BCUT2D eigenvalue weighted by atomic mass is 10.0. The smallest absolute Gasteiger partial charge is 0.352 e. The number of aromatic nitrogens is 3. The van der Waals surface area contributed by atoms with E-state index in [1.807, 2.05) is 6.07 Å². The van der Waals surface area contributed by atoms with Crippen LogP contribution in [0.15, 0.2) is 46.8 Å². The number of hydrogen-bond donors (Lipinski definition) is 4. The Balaban J connectivity index is 1.43. The Bertz CT molecular complexity index is 1090. The van der Waals surface area contributed by atoms with E-state index in [9.17, 15) is 19.5 Å². The highest BCUT2D eigenvalue weighted by Crippen LogP contribution is 2.41. The first kappa shape index (κ1) is 23.3. The number of carboxylic acids is 1. The standard InChI is InChI=1S/C20H22N6O5S2/c1-31-7-12-22-20(25-24-12)33-9-11-8-32-18-14(17(28)26(18)15(11)19(29)30)23-16(27)13(21)10-5-3-2-4-6-10/h2-6,13-14,18H,7-9,21H2,1H3,(H,23,27)(H,29,30)(H,22,24,25)/t13?,14?,18-/m0/s1. The number of carbonyl (C=O) groups excluding carboxylic acids is 2. The molecule has 13 heteroatoms. The van der Waals surface area contributed by atoms with Crippen LogP contribution in [0.3, 0.4) is 0 Å². The minimum atomic E-state index is -1.19. The number of carbonyl (C=O) groups is 3. The van der Waals surface area contributed by atoms with Crippen molar-refractivity contribution >= 4 is 41.3 Å². The molecule has 2 aliphatic heterocycles. The van der Waals surface area contributed by atoms with Crippen LogP contribution in [0.4, 0.5) is 0 Å². The van der Waals surface area contributed by atoms with Crippen molar-refractivity contribution in [2.45, 2.75) is 29.2 Å². The van der Waals surface area contributed by atoms with Gasteiger partial charge in [0.05, 0.1) is 0 Å². The highest BCUT2D eigenvalue weighted by Gasteiger charge is 2.54. The molecular formula is C20H22N6O5S2. The number of nitrogens with one attached hydrogen (secondary N) is 2. The molecule has 1 fully saturated rings. The minimum absolute atomic E-state index is 0.0539. The van der Waals surface area contributed by atoms with E-state index in [1.54, 1.807) is 31.4 Å². The number of H-pyrrole nitrogens is 1. The number of fused-ring (bicyclic) bond motifs is 1. The van der Waals surface area contributed by atoms with E-state index < -0.39 is 35.2 Å². The SMILES string of the molecule is COCc1nc(SCC2=C(C(=O)O)N3C(=O)C(NC(=O)C(N)c4ccccc4)[C@@H]3SC2)n[nH]1. The number of aliphatic carboxylic acids is 1. The first-order valence-corrected chi connectivity index (χ1v) is 12.0. The maximum Gasteiger partial charge on any atom is 0.352 e. The molecule has 1 aromatic carbocycles. The van der Waals surface area contributed by atoms with Crippen molar-refractivity contribution < 1.29 is 24.2 Å². The molecule has 11 nitrogen and oxygen atoms in total. The number of ether oxygens (including phenoxy) is 1. The molecule has 1 aromatic heterocycles. The second kappa shape index (κ2) is 9.95. The predicted octanol–water partition coefficient (Wildman–Crippen LogP) is 0.482. The van der Waals surface area contributed by atoms with E-state index in [0.717, 1.165) is 0 Å². The first-order valence-electron chi connectivity index (χ1n) is 9.94. The second-order valence-corrected chi connectivity index (χ2v) is 9.38. The Morgan fingerprint density at radius 1 is 1.42 bits per heavy atom. The summed E-state index contributed by atoms with van der Waals surface area (Å²) in [4.78, 5) is 42.9. The summed E-state index contributed by atoms with van der Waals surface area (Å²) >= 11 is 2.67. The van der Waals surface area contributed by atoms with Crippen LogP contribution >= 0.6 is 23.5 Å². The number of rotatable bonds is 9. The molecule has 33 heavy (non-hydrogen) atoms. The Hall–Kier alpha value is -2.87. The van der Waals surface area contributed by atoms with Crippen molar-refractivity contribution in [3.05, 3.63) is 53.0 Å². The van der Waals surface area contributed by atoms with Crippen LogP contribution < -0.4 is 11.1 Å². The predicted molar refractivity (Wildman–Crippen MR) is 121 cm³/mol. The van der Waals surface area contributed by atoms with Crippen LogP contribution in [-0.4, -0.2) is 73.0 Å². The first-order chi connectivity index (χ1) is 15.9. The van der Waals surface area contributed by atoms with E-state index in [0.29, 0.717) is 33.6 Å². The molecule has 0 bridgehead atoms. The van der Waals surface area contributed by atoms with Crippen LogP contribution in [-0.2, 0) is 25.7 Å². The van der Waals surface area contributed by atoms with Crippen LogP contribution in [0.5, 0.6) is 0 Å². The summed E-state index contributed by atoms with van der Waals surface area (Å²) in [6.07, 6.45) is 0. The van der Waals surface area contributed by atoms with Gasteiger partial charge in [-0.05, 0) is 11.1 Å². The molecule has 2 unspecified atom stereocenters. The lowest BCUT2D eigenvalue weighted by molar-refractivity contribution is -0.150. The zero-order valence-electron chi connectivity index (χ0n) is 17.6. The molecule has 0 aliphatic carbocycles. The summed E-state index contributed by atoms with van der Waals surface area (Å²) in [5.41, 5.74) is 7.18. The average molecular weight is 491 g/mol. The molecule has 2 amide bonds. The molecule has 5 N–H and O–H groups in total. The van der Waals surface area contributed by atoms with Gasteiger partial charge in [0.1, 0.15) is 29.8 Å². The number of β-lactam (4-membered cyclic amide) rings is 1. The molecule has 4 rings (SSSR count). The molecule has 0 radical (unpaired) electrons. The lowest BCUT2D eigenvalue weighted by Gasteiger charge is -2.49. The van der Waals surface area contributed by atoms with Gasteiger partial charge in [-0.25, -0.2) is 9.78 Å². The fraction of sp³-hybridized carbons (Fsp3) is 0.350. The van der Waals surface area contributed by atoms with Crippen LogP contribution in [0.2, 0.25) is 0 Å². The summed E-state index contributed by atoms with van der Waals surface area (Å²) in [6, 6.07) is 7.08. The van der Waals surface area contributed by atoms with Gasteiger partial charge in [0, 0.05) is 18.6 Å². The monoisotopic (exact) mass is 490 g/mol. The zero-order valence-corrected chi connectivity index (χ0v) is 19.2. The topological polar surface area (TPSA) is 164 Å². The summed E-state index contributed by atoms with van der Waals surface area (Å²) < 4.78 is 4.99. The zero-order chi connectivity index (χ0) is 23.5. The van der Waals surface area contributed by atoms with E-state index in [2.05, 4.69) is 20.5 Å². The summed E-state index contributed by atoms with van der Waals surface area (Å²) in [6.45, 7) is 0.289. The van der Waals surface area contributed by atoms with Gasteiger partial charge in [0.15, 0.2) is 5.82 Å². The molecular weight excluding hydrogens is 468 g/mol. The second-order valence-electron chi connectivity index (χ2n) is 7.33. The minimum Gasteiger partial charge on any atom is -0.477 e. The van der Waals surface area contributed by atoms with Crippen molar-refractivity contribution in [2.24, 2.45) is 5.73 Å². The maximum atomic E-state index is 12.8. The van der Waals surface area contributed by atoms with Gasteiger partial charge in [-0.15, -0.1) is 16.9 Å². The van der Waals surface area contributed by atoms with E-state index >= 15 is 0 Å². The van der Waals surface area contributed by atoms with E-state index in [-0.39, 0.29) is 12.3 Å². The number of methoxy groups -OCH3 is 1. The third-order valence-electron chi connectivity index (χ3n) is 5.16. The molecule has 3 atom stereocenters. The van der Waals surface area contributed by atoms with Gasteiger partial charge in [-0.1, -0.05) is 42.1 Å². The molecule has 0 saturated carbocycles. The number of benzene rings is 1. The Kier molecular flexibility index (Phi) is 7.02. The third-order valence-corrected chi connectivity index (χ3v) is 7.43. The normalized spacial score (nSPS) is 20.8. The van der Waals surface area contributed by atoms with Crippen molar-refractivity contribution in [3.8, 4) is 0 Å². The van der Waals surface area contributed by atoms with Gasteiger partial charge in [-0.3, -0.25) is 19.6 Å². The summed E-state index contributed by atoms with van der Waals surface area (Å²) in [7, 11) is 1.55. The largest absolute Gasteiger partial charge is 0.477 e. The van der Waals surface area contributed by atoms with Crippen molar-refractivity contribution in [2.75, 3.05) is 18.6 Å². The molecule has 0 spiro atoms. The fourth-order valence-electron chi connectivity index (χ4n) is 3.54. The highest BCUT2D eigenvalue weighted by molar-refractivity contribution is 8.01. The molecule has 2 aromatic rings. The molecule has 2 aliphatic rings. The van der Waals surface area contributed by atoms with Gasteiger partial charge >= 0.3 is 5.97 Å². The Morgan fingerprint density at radius 3 is 2.88 bits per heavy atom. The van der Waals surface area contributed by atoms with Gasteiger partial charge in [-0.2, -0.15) is 0 Å². The number of nitrogens with zero attached hydrogens (tertiary/aromatic N) is 3. The van der Waals surface area contributed by atoms with E-state index in [1.165, 1.54) is 28.4 Å². The van der Waals surface area contributed by atoms with E-state index in [4.69, 9.17) is 10.5 Å². The highest BCUT2D eigenvalue weighted by atomic mass is 32.2. The van der Waals surface area contributed by atoms with Gasteiger partial charge < -0.3 is 20.9 Å². The number of carboxylic acid groups (broad SMARTS) is 1. The van der Waals surface area contributed by atoms with Crippen molar-refractivity contribution in [1.29, 1.82) is 0 Å². The molecule has 174 valence electrons. The average Bonchev–Trinajstić information content (AvgIpc) is 3.27. The van der Waals surface area contributed by atoms with Crippen molar-refractivity contribution in [3.63, 3.8) is 0 Å². The quantitative estimate of drug-likeness (QED) is 0.287. The molecule has 1 saturated heterocycles. The number of hydrogen-bond acceptors (Lipinski definition) is 9. The Labute approximate surface area is 197 Å². The van der Waals surface area contributed by atoms with Crippen LogP contribution in [0.1, 0.15) is 17.4 Å².